The quantitative estimate of drug-likeness (QED) is 0.761. The number of aromatic nitrogens is 1. The molecule has 0 aliphatic carbocycles. The third-order valence-corrected chi connectivity index (χ3v) is 2.07. The van der Waals surface area contributed by atoms with Crippen LogP contribution in [0.4, 0.5) is 0 Å². The van der Waals surface area contributed by atoms with Crippen LogP contribution in [0.3, 0.4) is 0 Å². The van der Waals surface area contributed by atoms with E-state index in [1.54, 1.807) is 12.1 Å². The fourth-order valence-electron chi connectivity index (χ4n) is 1.23. The molecule has 0 saturated carbocycles. The van der Waals surface area contributed by atoms with Crippen molar-refractivity contribution in [3.05, 3.63) is 29.6 Å². The van der Waals surface area contributed by atoms with Gasteiger partial charge in [-0.05, 0) is 25.0 Å². The molecule has 0 amide bonds. The van der Waals surface area contributed by atoms with Crippen molar-refractivity contribution in [1.82, 2.24) is 4.98 Å². The number of pyridine rings is 1. The number of carboxylic acid groups (broad SMARTS) is 1. The summed E-state index contributed by atoms with van der Waals surface area (Å²) in [4.78, 5) is 25.4. The van der Waals surface area contributed by atoms with Crippen LogP contribution >= 0.6 is 0 Å². The summed E-state index contributed by atoms with van der Waals surface area (Å²) >= 11 is 0. The molecule has 0 spiro atoms. The minimum Gasteiger partial charge on any atom is -0.481 e. The molecule has 1 heterocycles. The predicted octanol–water partition coefficient (Wildman–Crippen LogP) is 1.28. The number of carboxylic acids is 1. The van der Waals surface area contributed by atoms with Crippen LogP contribution < -0.4 is 0 Å². The summed E-state index contributed by atoms with van der Waals surface area (Å²) in [7, 11) is 1.31. The normalized spacial score (nSPS) is 9.81. The molecule has 5 heteroatoms. The second kappa shape index (κ2) is 5.85. The van der Waals surface area contributed by atoms with Crippen molar-refractivity contribution in [2.24, 2.45) is 0 Å². The van der Waals surface area contributed by atoms with E-state index in [1.165, 1.54) is 13.3 Å². The highest BCUT2D eigenvalue weighted by molar-refractivity contribution is 5.88. The maximum atomic E-state index is 11.1. The van der Waals surface area contributed by atoms with Gasteiger partial charge in [0, 0.05) is 18.3 Å². The standard InChI is InChI=1S/C11H13NO4/c1-16-11(15)8-5-6-9(12-7-8)3-2-4-10(13)14/h5-7H,2-4H2,1H3,(H,13,14). The molecule has 0 saturated heterocycles. The molecule has 0 radical (unpaired) electrons. The van der Waals surface area contributed by atoms with E-state index in [0.29, 0.717) is 18.4 Å². The highest BCUT2D eigenvalue weighted by Gasteiger charge is 2.05. The molecule has 16 heavy (non-hydrogen) atoms. The second-order valence-corrected chi connectivity index (χ2v) is 3.28. The molecule has 0 aromatic carbocycles. The summed E-state index contributed by atoms with van der Waals surface area (Å²) in [6.07, 6.45) is 2.69. The first-order valence-electron chi connectivity index (χ1n) is 4.88. The van der Waals surface area contributed by atoms with Gasteiger partial charge < -0.3 is 9.84 Å². The van der Waals surface area contributed by atoms with Crippen LogP contribution in [-0.4, -0.2) is 29.1 Å². The van der Waals surface area contributed by atoms with E-state index in [0.717, 1.165) is 5.69 Å². The van der Waals surface area contributed by atoms with Crippen LogP contribution in [0.25, 0.3) is 0 Å². The van der Waals surface area contributed by atoms with E-state index in [9.17, 15) is 9.59 Å². The first-order valence-corrected chi connectivity index (χ1v) is 4.88. The molecule has 1 N–H and O–H groups in total. The smallest absolute Gasteiger partial charge is 0.339 e. The molecule has 0 atom stereocenters. The first-order chi connectivity index (χ1) is 7.63. The Kier molecular flexibility index (Phi) is 4.44. The number of methoxy groups -OCH3 is 1. The number of rotatable bonds is 5. The Hall–Kier alpha value is -1.91. The number of carbonyl (C=O) groups is 2. The lowest BCUT2D eigenvalue weighted by molar-refractivity contribution is -0.137. The lowest BCUT2D eigenvalue weighted by Crippen LogP contribution is -2.03. The van der Waals surface area contributed by atoms with Gasteiger partial charge in [-0.2, -0.15) is 0 Å². The van der Waals surface area contributed by atoms with Crippen LogP contribution in [0.1, 0.15) is 28.9 Å². The molecule has 0 aliphatic rings. The Balaban J connectivity index is 2.51. The van der Waals surface area contributed by atoms with Gasteiger partial charge in [0.2, 0.25) is 0 Å². The Morgan fingerprint density at radius 3 is 2.69 bits per heavy atom. The number of esters is 1. The molecule has 0 fully saturated rings. The molecule has 1 aromatic rings. The predicted molar refractivity (Wildman–Crippen MR) is 56.2 cm³/mol. The van der Waals surface area contributed by atoms with Gasteiger partial charge in [-0.25, -0.2) is 4.79 Å². The van der Waals surface area contributed by atoms with Gasteiger partial charge in [-0.1, -0.05) is 0 Å². The lowest BCUT2D eigenvalue weighted by Gasteiger charge is -2.01. The molecule has 5 nitrogen and oxygen atoms in total. The summed E-state index contributed by atoms with van der Waals surface area (Å²) in [6.45, 7) is 0. The SMILES string of the molecule is COC(=O)c1ccc(CCCC(=O)O)nc1. The van der Waals surface area contributed by atoms with Crippen molar-refractivity contribution in [3.8, 4) is 0 Å². The van der Waals surface area contributed by atoms with E-state index in [2.05, 4.69) is 9.72 Å². The molecular formula is C11H13NO4. The topological polar surface area (TPSA) is 76.5 Å². The average molecular weight is 223 g/mol. The van der Waals surface area contributed by atoms with Crippen molar-refractivity contribution < 1.29 is 19.4 Å². The van der Waals surface area contributed by atoms with Crippen LogP contribution in [0.2, 0.25) is 0 Å². The zero-order valence-electron chi connectivity index (χ0n) is 8.97. The van der Waals surface area contributed by atoms with Crippen molar-refractivity contribution in [2.75, 3.05) is 7.11 Å². The van der Waals surface area contributed by atoms with Crippen molar-refractivity contribution >= 4 is 11.9 Å². The number of aryl methyl sites for hydroxylation is 1. The van der Waals surface area contributed by atoms with Gasteiger partial charge in [0.25, 0.3) is 0 Å². The van der Waals surface area contributed by atoms with E-state index < -0.39 is 11.9 Å². The Morgan fingerprint density at radius 2 is 2.19 bits per heavy atom. The van der Waals surface area contributed by atoms with Crippen LogP contribution in [0.5, 0.6) is 0 Å². The number of ether oxygens (including phenoxy) is 1. The monoisotopic (exact) mass is 223 g/mol. The maximum Gasteiger partial charge on any atom is 0.339 e. The zero-order chi connectivity index (χ0) is 12.0. The Morgan fingerprint density at radius 1 is 1.44 bits per heavy atom. The van der Waals surface area contributed by atoms with Gasteiger partial charge in [-0.15, -0.1) is 0 Å². The summed E-state index contributed by atoms with van der Waals surface area (Å²) in [5.41, 5.74) is 1.17. The maximum absolute atomic E-state index is 11.1. The molecule has 1 rings (SSSR count). The van der Waals surface area contributed by atoms with Crippen molar-refractivity contribution in [3.63, 3.8) is 0 Å². The average Bonchev–Trinajstić information content (AvgIpc) is 2.28. The van der Waals surface area contributed by atoms with E-state index >= 15 is 0 Å². The van der Waals surface area contributed by atoms with Crippen LogP contribution in [0.15, 0.2) is 18.3 Å². The van der Waals surface area contributed by atoms with Gasteiger partial charge in [0.05, 0.1) is 12.7 Å². The molecule has 0 aliphatic heterocycles. The molecule has 86 valence electrons. The number of nitrogens with zero attached hydrogens (tertiary/aromatic N) is 1. The lowest BCUT2D eigenvalue weighted by atomic mass is 10.1. The number of carbonyl (C=O) groups excluding carboxylic acids is 1. The summed E-state index contributed by atoms with van der Waals surface area (Å²) < 4.78 is 4.53. The fraction of sp³-hybridized carbons (Fsp3) is 0.364. The van der Waals surface area contributed by atoms with Crippen LogP contribution in [-0.2, 0) is 16.0 Å². The fourth-order valence-corrected chi connectivity index (χ4v) is 1.23. The minimum atomic E-state index is -0.814. The van der Waals surface area contributed by atoms with Gasteiger partial charge in [0.1, 0.15) is 0 Å². The van der Waals surface area contributed by atoms with E-state index in [4.69, 9.17) is 5.11 Å². The highest BCUT2D eigenvalue weighted by atomic mass is 16.5. The van der Waals surface area contributed by atoms with Crippen molar-refractivity contribution in [1.29, 1.82) is 0 Å². The Bertz CT molecular complexity index is 372. The number of hydrogen-bond acceptors (Lipinski definition) is 4. The third kappa shape index (κ3) is 3.68. The van der Waals surface area contributed by atoms with Gasteiger partial charge >= 0.3 is 11.9 Å². The van der Waals surface area contributed by atoms with E-state index in [1.807, 2.05) is 0 Å². The molecule has 1 aromatic heterocycles. The molecular weight excluding hydrogens is 210 g/mol. The summed E-state index contributed by atoms with van der Waals surface area (Å²) in [5.74, 6) is -1.24. The molecule has 0 unspecified atom stereocenters. The number of hydrogen-bond donors (Lipinski definition) is 1. The number of aliphatic carboxylic acids is 1. The first kappa shape index (κ1) is 12.2. The third-order valence-electron chi connectivity index (χ3n) is 2.07. The summed E-state index contributed by atoms with van der Waals surface area (Å²) in [6, 6.07) is 3.32. The van der Waals surface area contributed by atoms with Gasteiger partial charge in [-0.3, -0.25) is 9.78 Å². The van der Waals surface area contributed by atoms with Crippen LogP contribution in [0, 0.1) is 0 Å². The zero-order valence-corrected chi connectivity index (χ0v) is 8.97. The largest absolute Gasteiger partial charge is 0.481 e. The highest BCUT2D eigenvalue weighted by Crippen LogP contribution is 2.05. The summed E-state index contributed by atoms with van der Waals surface area (Å²) in [5, 5.41) is 8.46. The second-order valence-electron chi connectivity index (χ2n) is 3.28. The van der Waals surface area contributed by atoms with Crippen molar-refractivity contribution in [2.45, 2.75) is 19.3 Å². The van der Waals surface area contributed by atoms with Gasteiger partial charge in [0.15, 0.2) is 0 Å². The van der Waals surface area contributed by atoms with E-state index in [-0.39, 0.29) is 6.42 Å². The Labute approximate surface area is 93.1 Å². The minimum absolute atomic E-state index is 0.125. The molecule has 0 bridgehead atoms.